The van der Waals surface area contributed by atoms with Crippen molar-refractivity contribution in [3.8, 4) is 0 Å². The molecule has 0 unspecified atom stereocenters. The lowest BCUT2D eigenvalue weighted by molar-refractivity contribution is -0.122. The zero-order valence-corrected chi connectivity index (χ0v) is 17.7. The summed E-state index contributed by atoms with van der Waals surface area (Å²) in [5, 5.41) is 2.84. The van der Waals surface area contributed by atoms with E-state index < -0.39 is 5.92 Å². The van der Waals surface area contributed by atoms with Gasteiger partial charge in [0.05, 0.1) is 18.1 Å². The van der Waals surface area contributed by atoms with Gasteiger partial charge in [-0.05, 0) is 54.3 Å². The SMILES string of the molecule is CCc1ccc(N2C[C@@H](C(=O)Nc3ccc(C(=O)OCC(C)C)cc3)CC2=O)cc1. The molecule has 2 aromatic carbocycles. The molecule has 1 N–H and O–H groups in total. The third-order valence-electron chi connectivity index (χ3n) is 5.09. The van der Waals surface area contributed by atoms with E-state index in [4.69, 9.17) is 4.74 Å². The van der Waals surface area contributed by atoms with Gasteiger partial charge in [-0.2, -0.15) is 0 Å². The summed E-state index contributed by atoms with van der Waals surface area (Å²) in [4.78, 5) is 38.7. The van der Waals surface area contributed by atoms with Gasteiger partial charge in [-0.25, -0.2) is 4.79 Å². The van der Waals surface area contributed by atoms with Gasteiger partial charge in [-0.3, -0.25) is 9.59 Å². The maximum atomic E-state index is 12.7. The first-order valence-electron chi connectivity index (χ1n) is 10.3. The van der Waals surface area contributed by atoms with Gasteiger partial charge in [0.15, 0.2) is 0 Å². The Morgan fingerprint density at radius 3 is 2.37 bits per heavy atom. The lowest BCUT2D eigenvalue weighted by atomic mass is 10.1. The lowest BCUT2D eigenvalue weighted by Gasteiger charge is -2.17. The van der Waals surface area contributed by atoms with Gasteiger partial charge in [-0.15, -0.1) is 0 Å². The van der Waals surface area contributed by atoms with Crippen molar-refractivity contribution in [1.82, 2.24) is 0 Å². The predicted octanol–water partition coefficient (Wildman–Crippen LogP) is 4.05. The van der Waals surface area contributed by atoms with Crippen LogP contribution >= 0.6 is 0 Å². The van der Waals surface area contributed by atoms with Crippen LogP contribution in [0.4, 0.5) is 11.4 Å². The van der Waals surface area contributed by atoms with Crippen molar-refractivity contribution in [2.45, 2.75) is 33.6 Å². The topological polar surface area (TPSA) is 75.7 Å². The third-order valence-corrected chi connectivity index (χ3v) is 5.09. The molecular weight excluding hydrogens is 380 g/mol. The lowest BCUT2D eigenvalue weighted by Crippen LogP contribution is -2.28. The third kappa shape index (κ3) is 5.26. The van der Waals surface area contributed by atoms with E-state index in [0.29, 0.717) is 24.4 Å². The average molecular weight is 408 g/mol. The van der Waals surface area contributed by atoms with Crippen LogP contribution in [0.2, 0.25) is 0 Å². The van der Waals surface area contributed by atoms with Crippen molar-refractivity contribution < 1.29 is 19.1 Å². The molecule has 0 radical (unpaired) electrons. The summed E-state index contributed by atoms with van der Waals surface area (Å²) in [5.41, 5.74) is 3.04. The molecule has 3 rings (SSSR count). The standard InChI is InChI=1S/C24H28N2O4/c1-4-17-5-11-21(12-6-17)26-14-19(13-22(26)27)23(28)25-20-9-7-18(8-10-20)24(29)30-15-16(2)3/h5-12,16,19H,4,13-15H2,1-3H3,(H,25,28)/t19-/m0/s1. The summed E-state index contributed by atoms with van der Waals surface area (Å²) < 4.78 is 5.20. The highest BCUT2D eigenvalue weighted by molar-refractivity contribution is 6.03. The Morgan fingerprint density at radius 1 is 1.10 bits per heavy atom. The fraction of sp³-hybridized carbons (Fsp3) is 0.375. The van der Waals surface area contributed by atoms with Crippen LogP contribution in [-0.2, 0) is 20.7 Å². The Hall–Kier alpha value is -3.15. The molecule has 30 heavy (non-hydrogen) atoms. The minimum absolute atomic E-state index is 0.0531. The summed E-state index contributed by atoms with van der Waals surface area (Å²) in [6, 6.07) is 14.4. The summed E-state index contributed by atoms with van der Waals surface area (Å²) in [5.74, 6) is -0.786. The molecule has 1 aliphatic rings. The molecule has 1 heterocycles. The normalized spacial score (nSPS) is 16.1. The van der Waals surface area contributed by atoms with E-state index in [1.54, 1.807) is 29.2 Å². The molecule has 0 aliphatic carbocycles. The highest BCUT2D eigenvalue weighted by atomic mass is 16.5. The van der Waals surface area contributed by atoms with E-state index in [1.165, 1.54) is 5.56 Å². The molecule has 2 amide bonds. The van der Waals surface area contributed by atoms with Gasteiger partial charge in [0.1, 0.15) is 0 Å². The van der Waals surface area contributed by atoms with Crippen molar-refractivity contribution in [2.75, 3.05) is 23.4 Å². The van der Waals surface area contributed by atoms with E-state index in [1.807, 2.05) is 38.1 Å². The number of hydrogen-bond donors (Lipinski definition) is 1. The number of hydrogen-bond acceptors (Lipinski definition) is 4. The van der Waals surface area contributed by atoms with Crippen molar-refractivity contribution >= 4 is 29.2 Å². The molecule has 158 valence electrons. The number of esters is 1. The Morgan fingerprint density at radius 2 is 1.77 bits per heavy atom. The molecule has 1 fully saturated rings. The van der Waals surface area contributed by atoms with Crippen LogP contribution in [0, 0.1) is 11.8 Å². The molecule has 0 saturated carbocycles. The molecule has 1 saturated heterocycles. The first-order valence-corrected chi connectivity index (χ1v) is 10.3. The number of carbonyl (C=O) groups is 3. The second kappa shape index (κ2) is 9.57. The molecule has 0 spiro atoms. The fourth-order valence-electron chi connectivity index (χ4n) is 3.30. The Labute approximate surface area is 177 Å². The average Bonchev–Trinajstić information content (AvgIpc) is 3.14. The molecule has 6 heteroatoms. The Kier molecular flexibility index (Phi) is 6.87. The smallest absolute Gasteiger partial charge is 0.338 e. The minimum atomic E-state index is -0.418. The summed E-state index contributed by atoms with van der Waals surface area (Å²) in [6.45, 7) is 6.75. The van der Waals surface area contributed by atoms with Crippen LogP contribution in [-0.4, -0.2) is 30.9 Å². The van der Waals surface area contributed by atoms with Crippen LogP contribution in [0.1, 0.15) is 43.1 Å². The first-order chi connectivity index (χ1) is 14.4. The first kappa shape index (κ1) is 21.6. The summed E-state index contributed by atoms with van der Waals surface area (Å²) in [7, 11) is 0. The van der Waals surface area contributed by atoms with Crippen LogP contribution in [0.15, 0.2) is 48.5 Å². The van der Waals surface area contributed by atoms with Crippen LogP contribution in [0.25, 0.3) is 0 Å². The molecule has 0 bridgehead atoms. The Balaban J connectivity index is 1.58. The second-order valence-corrected chi connectivity index (χ2v) is 7.98. The van der Waals surface area contributed by atoms with Gasteiger partial charge in [0, 0.05) is 24.3 Å². The molecule has 2 aromatic rings. The van der Waals surface area contributed by atoms with Gasteiger partial charge in [0.25, 0.3) is 0 Å². The highest BCUT2D eigenvalue weighted by Gasteiger charge is 2.35. The largest absolute Gasteiger partial charge is 0.462 e. The molecule has 1 atom stereocenters. The van der Waals surface area contributed by atoms with Crippen LogP contribution in [0.3, 0.4) is 0 Å². The molecule has 0 aromatic heterocycles. The summed E-state index contributed by atoms with van der Waals surface area (Å²) >= 11 is 0. The molecule has 6 nitrogen and oxygen atoms in total. The predicted molar refractivity (Wildman–Crippen MR) is 116 cm³/mol. The molecular formula is C24H28N2O4. The van der Waals surface area contributed by atoms with Crippen molar-refractivity contribution in [3.63, 3.8) is 0 Å². The number of aryl methyl sites for hydroxylation is 1. The number of ether oxygens (including phenoxy) is 1. The number of benzene rings is 2. The maximum absolute atomic E-state index is 12.7. The van der Waals surface area contributed by atoms with Crippen LogP contribution in [0.5, 0.6) is 0 Å². The van der Waals surface area contributed by atoms with Crippen molar-refractivity contribution in [2.24, 2.45) is 11.8 Å². The fourth-order valence-corrected chi connectivity index (χ4v) is 3.30. The van der Waals surface area contributed by atoms with Gasteiger partial charge in [-0.1, -0.05) is 32.9 Å². The number of rotatable bonds is 7. The quantitative estimate of drug-likeness (QED) is 0.701. The minimum Gasteiger partial charge on any atom is -0.462 e. The number of carbonyl (C=O) groups excluding carboxylic acids is 3. The number of amides is 2. The van der Waals surface area contributed by atoms with Crippen molar-refractivity contribution in [1.29, 1.82) is 0 Å². The number of nitrogens with zero attached hydrogens (tertiary/aromatic N) is 1. The van der Waals surface area contributed by atoms with Crippen LogP contribution < -0.4 is 10.2 Å². The Bertz CT molecular complexity index is 904. The van der Waals surface area contributed by atoms with E-state index in [0.717, 1.165) is 12.1 Å². The van der Waals surface area contributed by atoms with Crippen molar-refractivity contribution in [3.05, 3.63) is 59.7 Å². The molecule has 1 aliphatic heterocycles. The zero-order valence-electron chi connectivity index (χ0n) is 17.7. The number of anilines is 2. The monoisotopic (exact) mass is 408 g/mol. The van der Waals surface area contributed by atoms with Gasteiger partial charge in [0.2, 0.25) is 11.8 Å². The highest BCUT2D eigenvalue weighted by Crippen LogP contribution is 2.26. The van der Waals surface area contributed by atoms with Gasteiger partial charge < -0.3 is 15.0 Å². The second-order valence-electron chi connectivity index (χ2n) is 7.98. The van der Waals surface area contributed by atoms with Gasteiger partial charge >= 0.3 is 5.97 Å². The van der Waals surface area contributed by atoms with E-state index in [-0.39, 0.29) is 30.1 Å². The van der Waals surface area contributed by atoms with E-state index >= 15 is 0 Å². The number of nitrogens with one attached hydrogen (secondary N) is 1. The maximum Gasteiger partial charge on any atom is 0.338 e. The zero-order chi connectivity index (χ0) is 21.7. The van der Waals surface area contributed by atoms with E-state index in [2.05, 4.69) is 12.2 Å². The summed E-state index contributed by atoms with van der Waals surface area (Å²) in [6.07, 6.45) is 1.12. The van der Waals surface area contributed by atoms with E-state index in [9.17, 15) is 14.4 Å².